The lowest BCUT2D eigenvalue weighted by Crippen LogP contribution is -2.26. The normalized spacial score (nSPS) is 25.4. The summed E-state index contributed by atoms with van der Waals surface area (Å²) < 4.78 is 5.55. The number of pyridine rings is 1. The van der Waals surface area contributed by atoms with Crippen molar-refractivity contribution >= 4 is 23.7 Å². The highest BCUT2D eigenvalue weighted by atomic mass is 16.5. The Morgan fingerprint density at radius 1 is 1.33 bits per heavy atom. The van der Waals surface area contributed by atoms with Gasteiger partial charge in [0.2, 0.25) is 0 Å². The molecule has 4 rings (SSSR count). The molecule has 2 aromatic rings. The molecule has 1 fully saturated rings. The Kier molecular flexibility index (Phi) is 3.03. The van der Waals surface area contributed by atoms with Gasteiger partial charge in [0, 0.05) is 17.1 Å². The van der Waals surface area contributed by atoms with Gasteiger partial charge in [-0.3, -0.25) is 0 Å². The lowest BCUT2D eigenvalue weighted by atomic mass is 9.71. The first-order valence-electron chi connectivity index (χ1n) is 7.75. The third-order valence-electron chi connectivity index (χ3n) is 4.87. The number of aromatic nitrogens is 2. The first-order chi connectivity index (χ1) is 10.2. The minimum atomic E-state index is -0.856. The number of allylic oxidation sites excluding steroid dienone is 1. The second-order valence-electron chi connectivity index (χ2n) is 6.32. The van der Waals surface area contributed by atoms with Crippen molar-refractivity contribution < 1.29 is 9.68 Å². The van der Waals surface area contributed by atoms with Crippen LogP contribution < -0.4 is 4.65 Å². The fourth-order valence-electron chi connectivity index (χ4n) is 3.69. The SMILES string of the molecule is CC1CCC(C2=CB(O)Oc3cnc4[nH]ccc4c32)CC1. The van der Waals surface area contributed by atoms with Crippen molar-refractivity contribution in [3.63, 3.8) is 0 Å². The molecule has 0 atom stereocenters. The molecule has 3 heterocycles. The molecule has 21 heavy (non-hydrogen) atoms. The van der Waals surface area contributed by atoms with E-state index in [2.05, 4.69) is 16.9 Å². The fourth-order valence-corrected chi connectivity index (χ4v) is 3.69. The van der Waals surface area contributed by atoms with Gasteiger partial charge in [-0.05, 0) is 42.3 Å². The maximum absolute atomic E-state index is 10.00. The molecule has 108 valence electrons. The van der Waals surface area contributed by atoms with Crippen molar-refractivity contribution in [1.29, 1.82) is 0 Å². The van der Waals surface area contributed by atoms with Crippen LogP contribution in [-0.4, -0.2) is 22.1 Å². The quantitative estimate of drug-likeness (QED) is 0.790. The summed E-state index contributed by atoms with van der Waals surface area (Å²) in [6, 6.07) is 2.04. The average molecular weight is 282 g/mol. The van der Waals surface area contributed by atoms with Gasteiger partial charge < -0.3 is 14.7 Å². The van der Waals surface area contributed by atoms with Gasteiger partial charge in [-0.25, -0.2) is 4.98 Å². The Hall–Kier alpha value is -1.75. The van der Waals surface area contributed by atoms with Crippen molar-refractivity contribution in [3.05, 3.63) is 30.0 Å². The highest BCUT2D eigenvalue weighted by molar-refractivity contribution is 6.52. The molecule has 1 aliphatic heterocycles. The van der Waals surface area contributed by atoms with Gasteiger partial charge in [-0.15, -0.1) is 0 Å². The molecule has 2 N–H and O–H groups in total. The molecular formula is C16H19BN2O2. The average Bonchev–Trinajstić information content (AvgIpc) is 2.95. The van der Waals surface area contributed by atoms with Crippen LogP contribution in [0.5, 0.6) is 5.75 Å². The predicted octanol–water partition coefficient (Wildman–Crippen LogP) is 3.18. The molecule has 5 heteroatoms. The summed E-state index contributed by atoms with van der Waals surface area (Å²) in [4.78, 5) is 7.52. The summed E-state index contributed by atoms with van der Waals surface area (Å²) in [7, 11) is -0.856. The molecule has 0 saturated heterocycles. The van der Waals surface area contributed by atoms with E-state index in [1.54, 1.807) is 6.20 Å². The molecule has 0 unspecified atom stereocenters. The zero-order valence-electron chi connectivity index (χ0n) is 12.2. The summed E-state index contributed by atoms with van der Waals surface area (Å²) in [6.45, 7) is 2.33. The smallest absolute Gasteiger partial charge is 0.531 e. The van der Waals surface area contributed by atoms with E-state index in [0.29, 0.717) is 11.7 Å². The van der Waals surface area contributed by atoms with E-state index >= 15 is 0 Å². The third-order valence-corrected chi connectivity index (χ3v) is 4.87. The molecule has 2 aliphatic rings. The second kappa shape index (κ2) is 4.91. The molecule has 1 aliphatic carbocycles. The van der Waals surface area contributed by atoms with E-state index < -0.39 is 7.12 Å². The predicted molar refractivity (Wildman–Crippen MR) is 83.8 cm³/mol. The van der Waals surface area contributed by atoms with Gasteiger partial charge in [-0.2, -0.15) is 0 Å². The minimum Gasteiger partial charge on any atom is -0.531 e. The zero-order chi connectivity index (χ0) is 14.4. The third kappa shape index (κ3) is 2.16. The molecule has 0 radical (unpaired) electrons. The summed E-state index contributed by atoms with van der Waals surface area (Å²) >= 11 is 0. The Morgan fingerprint density at radius 3 is 2.95 bits per heavy atom. The van der Waals surface area contributed by atoms with Crippen LogP contribution in [-0.2, 0) is 0 Å². The lowest BCUT2D eigenvalue weighted by Gasteiger charge is -2.31. The van der Waals surface area contributed by atoms with Gasteiger partial charge in [0.15, 0.2) is 0 Å². The standard InChI is InChI=1S/C16H19BN2O2/c1-10-2-4-11(5-3-10)13-8-17(20)21-14-9-19-16-12(15(13)14)6-7-18-16/h6-11,20H,2-5H2,1H3,(H,18,19). The number of H-pyrrole nitrogens is 1. The van der Waals surface area contributed by atoms with Crippen LogP contribution in [0.2, 0.25) is 0 Å². The molecule has 2 aromatic heterocycles. The van der Waals surface area contributed by atoms with E-state index in [1.165, 1.54) is 31.3 Å². The summed E-state index contributed by atoms with van der Waals surface area (Å²) in [5.41, 5.74) is 3.23. The number of nitrogens with one attached hydrogen (secondary N) is 1. The van der Waals surface area contributed by atoms with E-state index in [4.69, 9.17) is 4.65 Å². The summed E-state index contributed by atoms with van der Waals surface area (Å²) in [6.07, 6.45) is 8.52. The van der Waals surface area contributed by atoms with E-state index in [0.717, 1.165) is 22.5 Å². The van der Waals surface area contributed by atoms with Gasteiger partial charge in [0.1, 0.15) is 11.4 Å². The van der Waals surface area contributed by atoms with Crippen LogP contribution in [0.4, 0.5) is 0 Å². The number of rotatable bonds is 1. The minimum absolute atomic E-state index is 0.513. The van der Waals surface area contributed by atoms with Crippen molar-refractivity contribution in [2.45, 2.75) is 32.6 Å². The Balaban J connectivity index is 1.82. The highest BCUT2D eigenvalue weighted by Crippen LogP contribution is 2.44. The van der Waals surface area contributed by atoms with Gasteiger partial charge in [0.05, 0.1) is 6.20 Å². The molecule has 0 aromatic carbocycles. The van der Waals surface area contributed by atoms with Crippen molar-refractivity contribution in [1.82, 2.24) is 9.97 Å². The maximum Gasteiger partial charge on any atom is 0.552 e. The van der Waals surface area contributed by atoms with E-state index in [9.17, 15) is 5.02 Å². The van der Waals surface area contributed by atoms with E-state index in [1.807, 2.05) is 18.2 Å². The number of hydrogen-bond acceptors (Lipinski definition) is 3. The van der Waals surface area contributed by atoms with Gasteiger partial charge in [0.25, 0.3) is 0 Å². The van der Waals surface area contributed by atoms with Gasteiger partial charge in [-0.1, -0.05) is 19.8 Å². The van der Waals surface area contributed by atoms with Crippen LogP contribution in [0.1, 0.15) is 38.2 Å². The van der Waals surface area contributed by atoms with Crippen LogP contribution in [0.3, 0.4) is 0 Å². The topological polar surface area (TPSA) is 58.1 Å². The van der Waals surface area contributed by atoms with Crippen molar-refractivity contribution in [2.75, 3.05) is 0 Å². The van der Waals surface area contributed by atoms with Crippen molar-refractivity contribution in [3.8, 4) is 5.75 Å². The van der Waals surface area contributed by atoms with Crippen LogP contribution in [0, 0.1) is 11.8 Å². The Labute approximate surface area is 124 Å². The van der Waals surface area contributed by atoms with E-state index in [-0.39, 0.29) is 0 Å². The molecule has 0 bridgehead atoms. The highest BCUT2D eigenvalue weighted by Gasteiger charge is 2.31. The first kappa shape index (κ1) is 13.0. The van der Waals surface area contributed by atoms with Crippen molar-refractivity contribution in [2.24, 2.45) is 11.8 Å². The summed E-state index contributed by atoms with van der Waals surface area (Å²) in [5, 5.41) is 11.1. The van der Waals surface area contributed by atoms with Crippen LogP contribution in [0.15, 0.2) is 24.4 Å². The second-order valence-corrected chi connectivity index (χ2v) is 6.32. The van der Waals surface area contributed by atoms with Gasteiger partial charge >= 0.3 is 7.12 Å². The van der Waals surface area contributed by atoms with Crippen LogP contribution in [0.25, 0.3) is 16.6 Å². The molecule has 4 nitrogen and oxygen atoms in total. The maximum atomic E-state index is 10.00. The number of aromatic amines is 1. The number of nitrogens with zero attached hydrogens (tertiary/aromatic N) is 1. The summed E-state index contributed by atoms with van der Waals surface area (Å²) in [5.74, 6) is 3.91. The Morgan fingerprint density at radius 2 is 2.14 bits per heavy atom. The first-order valence-corrected chi connectivity index (χ1v) is 7.75. The van der Waals surface area contributed by atoms with Crippen LogP contribution >= 0.6 is 0 Å². The molecule has 0 spiro atoms. The zero-order valence-corrected chi connectivity index (χ0v) is 12.2. The molecular weight excluding hydrogens is 263 g/mol. The number of fused-ring (bicyclic) bond motifs is 3. The largest absolute Gasteiger partial charge is 0.552 e. The Bertz CT molecular complexity index is 701. The molecule has 1 saturated carbocycles. The number of hydrogen-bond donors (Lipinski definition) is 2. The lowest BCUT2D eigenvalue weighted by molar-refractivity contribution is 0.335. The molecule has 0 amide bonds. The fraction of sp³-hybridized carbons (Fsp3) is 0.438. The monoisotopic (exact) mass is 282 g/mol.